The number of alkyl halides is 2. The van der Waals surface area contributed by atoms with Crippen molar-refractivity contribution in [1.29, 1.82) is 0 Å². The van der Waals surface area contributed by atoms with Crippen LogP contribution in [0.1, 0.15) is 58.8 Å². The van der Waals surface area contributed by atoms with Gasteiger partial charge in [-0.05, 0) is 56.3 Å². The molecule has 18 heavy (non-hydrogen) atoms. The molecule has 2 aliphatic rings. The van der Waals surface area contributed by atoms with E-state index in [4.69, 9.17) is 4.74 Å². The van der Waals surface area contributed by atoms with Gasteiger partial charge in [0.05, 0.1) is 12.5 Å². The Kier molecular flexibility index (Phi) is 4.63. The van der Waals surface area contributed by atoms with E-state index >= 15 is 0 Å². The molecule has 2 saturated carbocycles. The zero-order valence-corrected chi connectivity index (χ0v) is 11.6. The lowest BCUT2D eigenvalue weighted by molar-refractivity contribution is -0.280. The van der Waals surface area contributed by atoms with Crippen molar-refractivity contribution >= 4 is 0 Å². The summed E-state index contributed by atoms with van der Waals surface area (Å²) in [6.45, 7) is 4.34. The molecular weight excluding hydrogens is 234 g/mol. The molecule has 0 saturated heterocycles. The minimum absolute atomic E-state index is 0.175. The summed E-state index contributed by atoms with van der Waals surface area (Å²) in [5.41, 5.74) is 0. The standard InChI is InChI=1S/C15H26F2O/c1-3-8-18-15(16,17)14-7-6-12-9-11(2)4-5-13(12)10-14/h11-14H,3-10H2,1-2H3. The van der Waals surface area contributed by atoms with Gasteiger partial charge >= 0.3 is 6.11 Å². The minimum atomic E-state index is -2.90. The zero-order chi connectivity index (χ0) is 13.2. The molecule has 0 aromatic heterocycles. The van der Waals surface area contributed by atoms with Gasteiger partial charge in [0.2, 0.25) is 0 Å². The lowest BCUT2D eigenvalue weighted by Gasteiger charge is -2.43. The molecule has 4 atom stereocenters. The molecule has 0 radical (unpaired) electrons. The quantitative estimate of drug-likeness (QED) is 0.701. The maximum absolute atomic E-state index is 13.9. The number of rotatable bonds is 4. The number of halogens is 2. The molecule has 0 amide bonds. The van der Waals surface area contributed by atoms with Crippen LogP contribution in [0.2, 0.25) is 0 Å². The second-order valence-electron chi connectivity index (χ2n) is 6.36. The van der Waals surface area contributed by atoms with Crippen LogP contribution in [0.3, 0.4) is 0 Å². The molecule has 4 unspecified atom stereocenters. The molecule has 0 N–H and O–H groups in total. The molecule has 0 aromatic rings. The Morgan fingerprint density at radius 2 is 1.72 bits per heavy atom. The fourth-order valence-corrected chi connectivity index (χ4v) is 3.79. The number of hydrogen-bond acceptors (Lipinski definition) is 1. The zero-order valence-electron chi connectivity index (χ0n) is 11.6. The fourth-order valence-electron chi connectivity index (χ4n) is 3.79. The van der Waals surface area contributed by atoms with Crippen LogP contribution in [0, 0.1) is 23.7 Å². The van der Waals surface area contributed by atoms with Crippen molar-refractivity contribution in [1.82, 2.24) is 0 Å². The molecule has 2 fully saturated rings. The lowest BCUT2D eigenvalue weighted by Crippen LogP contribution is -2.39. The highest BCUT2D eigenvalue weighted by molar-refractivity contribution is 4.87. The summed E-state index contributed by atoms with van der Waals surface area (Å²) in [6.07, 6.45) is 3.67. The van der Waals surface area contributed by atoms with Crippen molar-refractivity contribution in [2.24, 2.45) is 23.7 Å². The molecule has 0 heterocycles. The van der Waals surface area contributed by atoms with Gasteiger partial charge in [0.25, 0.3) is 0 Å². The van der Waals surface area contributed by atoms with Crippen LogP contribution < -0.4 is 0 Å². The molecule has 106 valence electrons. The van der Waals surface area contributed by atoms with E-state index in [0.717, 1.165) is 18.8 Å². The first-order valence-electron chi connectivity index (χ1n) is 7.54. The Labute approximate surface area is 109 Å². The molecule has 0 bridgehead atoms. The van der Waals surface area contributed by atoms with Crippen LogP contribution in [0.4, 0.5) is 8.78 Å². The summed E-state index contributed by atoms with van der Waals surface area (Å²) < 4.78 is 32.6. The summed E-state index contributed by atoms with van der Waals surface area (Å²) in [7, 11) is 0. The maximum atomic E-state index is 13.9. The molecule has 1 nitrogen and oxygen atoms in total. The molecule has 0 aromatic carbocycles. The summed E-state index contributed by atoms with van der Waals surface area (Å²) in [5, 5.41) is 0. The van der Waals surface area contributed by atoms with Crippen LogP contribution in [0.5, 0.6) is 0 Å². The predicted octanol–water partition coefficient (Wildman–Crippen LogP) is 4.86. The average Bonchev–Trinajstić information content (AvgIpc) is 2.35. The lowest BCUT2D eigenvalue weighted by atomic mass is 9.65. The topological polar surface area (TPSA) is 9.23 Å². The van der Waals surface area contributed by atoms with Crippen molar-refractivity contribution in [3.8, 4) is 0 Å². The third kappa shape index (κ3) is 3.23. The van der Waals surface area contributed by atoms with Gasteiger partial charge in [-0.1, -0.05) is 20.3 Å². The minimum Gasteiger partial charge on any atom is -0.320 e. The van der Waals surface area contributed by atoms with E-state index in [1.165, 1.54) is 12.8 Å². The van der Waals surface area contributed by atoms with Crippen molar-refractivity contribution in [2.45, 2.75) is 64.9 Å². The molecule has 0 aliphatic heterocycles. The van der Waals surface area contributed by atoms with E-state index in [0.29, 0.717) is 31.1 Å². The third-order valence-electron chi connectivity index (χ3n) is 4.85. The highest BCUT2D eigenvalue weighted by Crippen LogP contribution is 2.48. The Hall–Kier alpha value is -0.180. The summed E-state index contributed by atoms with van der Waals surface area (Å²) in [4.78, 5) is 0. The first kappa shape index (κ1) is 14.2. The van der Waals surface area contributed by atoms with Crippen LogP contribution in [0.15, 0.2) is 0 Å². The first-order chi connectivity index (χ1) is 8.53. The maximum Gasteiger partial charge on any atom is 0.358 e. The Morgan fingerprint density at radius 3 is 2.44 bits per heavy atom. The van der Waals surface area contributed by atoms with Gasteiger partial charge in [0.15, 0.2) is 0 Å². The number of fused-ring (bicyclic) bond motifs is 1. The number of hydrogen-bond donors (Lipinski definition) is 0. The van der Waals surface area contributed by atoms with E-state index in [2.05, 4.69) is 6.92 Å². The first-order valence-corrected chi connectivity index (χ1v) is 7.54. The van der Waals surface area contributed by atoms with Gasteiger partial charge in [-0.2, -0.15) is 8.78 Å². The van der Waals surface area contributed by atoms with Crippen molar-refractivity contribution < 1.29 is 13.5 Å². The molecule has 0 spiro atoms. The van der Waals surface area contributed by atoms with Crippen molar-refractivity contribution in [3.05, 3.63) is 0 Å². The fraction of sp³-hybridized carbons (Fsp3) is 1.00. The smallest absolute Gasteiger partial charge is 0.320 e. The highest BCUT2D eigenvalue weighted by Gasteiger charge is 2.46. The molecule has 3 heteroatoms. The molecular formula is C15H26F2O. The van der Waals surface area contributed by atoms with Crippen LogP contribution in [0.25, 0.3) is 0 Å². The van der Waals surface area contributed by atoms with E-state index in [-0.39, 0.29) is 6.61 Å². The van der Waals surface area contributed by atoms with Gasteiger partial charge in [-0.25, -0.2) is 0 Å². The Morgan fingerprint density at radius 1 is 1.06 bits per heavy atom. The third-order valence-corrected chi connectivity index (χ3v) is 4.85. The molecule has 2 rings (SSSR count). The second kappa shape index (κ2) is 5.85. The van der Waals surface area contributed by atoms with E-state index in [1.807, 2.05) is 6.92 Å². The van der Waals surface area contributed by atoms with Gasteiger partial charge in [0.1, 0.15) is 0 Å². The monoisotopic (exact) mass is 260 g/mol. The van der Waals surface area contributed by atoms with Crippen molar-refractivity contribution in [3.63, 3.8) is 0 Å². The summed E-state index contributed by atoms with van der Waals surface area (Å²) in [5.74, 6) is 1.47. The van der Waals surface area contributed by atoms with Crippen LogP contribution in [-0.4, -0.2) is 12.7 Å². The van der Waals surface area contributed by atoms with Gasteiger partial charge < -0.3 is 4.74 Å². The van der Waals surface area contributed by atoms with Crippen molar-refractivity contribution in [2.75, 3.05) is 6.61 Å². The second-order valence-corrected chi connectivity index (χ2v) is 6.36. The number of ether oxygens (including phenoxy) is 1. The SMILES string of the molecule is CCCOC(F)(F)C1CCC2CC(C)CCC2C1. The average molecular weight is 260 g/mol. The highest BCUT2D eigenvalue weighted by atomic mass is 19.3. The van der Waals surface area contributed by atoms with Gasteiger partial charge in [0, 0.05) is 0 Å². The predicted molar refractivity (Wildman–Crippen MR) is 68.5 cm³/mol. The summed E-state index contributed by atoms with van der Waals surface area (Å²) >= 11 is 0. The normalized spacial score (nSPS) is 37.3. The van der Waals surface area contributed by atoms with Crippen LogP contribution >= 0.6 is 0 Å². The van der Waals surface area contributed by atoms with Crippen LogP contribution in [-0.2, 0) is 4.74 Å². The van der Waals surface area contributed by atoms with E-state index < -0.39 is 12.0 Å². The Balaban J connectivity index is 1.90. The molecule has 2 aliphatic carbocycles. The van der Waals surface area contributed by atoms with E-state index in [9.17, 15) is 8.78 Å². The summed E-state index contributed by atoms with van der Waals surface area (Å²) in [6, 6.07) is 0. The van der Waals surface area contributed by atoms with E-state index in [1.54, 1.807) is 0 Å². The largest absolute Gasteiger partial charge is 0.358 e. The van der Waals surface area contributed by atoms with Gasteiger partial charge in [-0.15, -0.1) is 0 Å². The van der Waals surface area contributed by atoms with Gasteiger partial charge in [-0.3, -0.25) is 0 Å². The Bertz CT molecular complexity index is 267.